The van der Waals surface area contributed by atoms with E-state index in [1.807, 2.05) is 0 Å². The Hall–Kier alpha value is -1.00. The molecule has 5 heteroatoms. The Labute approximate surface area is 91.8 Å². The Bertz CT molecular complexity index is 288. The zero-order chi connectivity index (χ0) is 12.3. The Morgan fingerprint density at radius 3 is 2.56 bits per heavy atom. The van der Waals surface area contributed by atoms with Gasteiger partial charge in [-0.3, -0.25) is 0 Å². The Morgan fingerprint density at radius 1 is 1.44 bits per heavy atom. The van der Waals surface area contributed by atoms with E-state index in [1.165, 1.54) is 0 Å². The number of ether oxygens (including phenoxy) is 1. The van der Waals surface area contributed by atoms with Crippen LogP contribution >= 0.6 is 0 Å². The second-order valence-electron chi connectivity index (χ2n) is 3.93. The van der Waals surface area contributed by atoms with Gasteiger partial charge >= 0.3 is 6.11 Å². The van der Waals surface area contributed by atoms with Crippen molar-refractivity contribution in [1.29, 1.82) is 0 Å². The summed E-state index contributed by atoms with van der Waals surface area (Å²) in [5.41, 5.74) is 0.437. The SMILES string of the molecule is C=C(F)OC(F)(F)C(F)C1CCCCC1=C. The monoisotopic (exact) mass is 238 g/mol. The number of hydrogen-bond acceptors (Lipinski definition) is 1. The molecule has 1 nitrogen and oxygen atoms in total. The third-order valence-electron chi connectivity index (χ3n) is 2.71. The van der Waals surface area contributed by atoms with Gasteiger partial charge in [0.05, 0.1) is 0 Å². The summed E-state index contributed by atoms with van der Waals surface area (Å²) in [5.74, 6) is -0.969. The van der Waals surface area contributed by atoms with Crippen LogP contribution in [0.3, 0.4) is 0 Å². The van der Waals surface area contributed by atoms with Crippen molar-refractivity contribution in [2.24, 2.45) is 5.92 Å². The van der Waals surface area contributed by atoms with Gasteiger partial charge < -0.3 is 4.74 Å². The summed E-state index contributed by atoms with van der Waals surface area (Å²) in [6.45, 7) is 6.09. The molecule has 0 aliphatic heterocycles. The molecular weight excluding hydrogens is 224 g/mol. The van der Waals surface area contributed by atoms with E-state index >= 15 is 0 Å². The fourth-order valence-corrected chi connectivity index (χ4v) is 1.90. The summed E-state index contributed by atoms with van der Waals surface area (Å²) >= 11 is 0. The van der Waals surface area contributed by atoms with Crippen LogP contribution in [0.5, 0.6) is 0 Å². The summed E-state index contributed by atoms with van der Waals surface area (Å²) in [4.78, 5) is 0. The van der Waals surface area contributed by atoms with Crippen LogP contribution < -0.4 is 0 Å². The molecule has 1 rings (SSSR count). The number of hydrogen-bond donors (Lipinski definition) is 0. The van der Waals surface area contributed by atoms with Crippen LogP contribution in [0.15, 0.2) is 24.7 Å². The highest BCUT2D eigenvalue weighted by atomic mass is 19.3. The van der Waals surface area contributed by atoms with Gasteiger partial charge in [0.2, 0.25) is 6.17 Å². The van der Waals surface area contributed by atoms with E-state index in [2.05, 4.69) is 17.9 Å². The third-order valence-corrected chi connectivity index (χ3v) is 2.71. The van der Waals surface area contributed by atoms with Gasteiger partial charge in [-0.25, -0.2) is 4.39 Å². The number of allylic oxidation sites excluding steroid dienone is 1. The van der Waals surface area contributed by atoms with Gasteiger partial charge in [0.1, 0.15) is 0 Å². The largest absolute Gasteiger partial charge is 0.432 e. The molecule has 0 saturated heterocycles. The molecular formula is C11H14F4O. The van der Waals surface area contributed by atoms with Crippen molar-refractivity contribution in [3.05, 3.63) is 24.7 Å². The van der Waals surface area contributed by atoms with E-state index in [4.69, 9.17) is 0 Å². The second-order valence-corrected chi connectivity index (χ2v) is 3.93. The van der Waals surface area contributed by atoms with Gasteiger partial charge in [0.15, 0.2) is 0 Å². The molecule has 92 valence electrons. The third kappa shape index (κ3) is 3.00. The van der Waals surface area contributed by atoms with Crippen molar-refractivity contribution in [1.82, 2.24) is 0 Å². The van der Waals surface area contributed by atoms with Crippen LogP contribution in [0.4, 0.5) is 17.6 Å². The molecule has 0 spiro atoms. The predicted octanol–water partition coefficient (Wildman–Crippen LogP) is 4.12. The lowest BCUT2D eigenvalue weighted by Gasteiger charge is -2.31. The Kier molecular flexibility index (Phi) is 3.99. The van der Waals surface area contributed by atoms with Gasteiger partial charge in [-0.15, -0.1) is 0 Å². The maximum Gasteiger partial charge on any atom is 0.432 e. The van der Waals surface area contributed by atoms with Crippen LogP contribution in [-0.4, -0.2) is 12.3 Å². The highest BCUT2D eigenvalue weighted by Crippen LogP contribution is 2.39. The fourth-order valence-electron chi connectivity index (χ4n) is 1.90. The zero-order valence-electron chi connectivity index (χ0n) is 8.82. The summed E-state index contributed by atoms with van der Waals surface area (Å²) in [7, 11) is 0. The zero-order valence-corrected chi connectivity index (χ0v) is 8.82. The fraction of sp³-hybridized carbons (Fsp3) is 0.636. The van der Waals surface area contributed by atoms with Crippen molar-refractivity contribution in [2.75, 3.05) is 0 Å². The molecule has 0 aromatic rings. The average molecular weight is 238 g/mol. The number of rotatable bonds is 4. The molecule has 0 aromatic heterocycles. The van der Waals surface area contributed by atoms with Crippen LogP contribution in [0, 0.1) is 5.92 Å². The Balaban J connectivity index is 2.70. The standard InChI is InChI=1S/C11H14F4O/c1-7-5-3-4-6-9(7)10(13)11(14,15)16-8(2)12/h9-10H,1-6H2. The van der Waals surface area contributed by atoms with E-state index in [1.54, 1.807) is 0 Å². The van der Waals surface area contributed by atoms with E-state index in [-0.39, 0.29) is 6.42 Å². The molecule has 2 unspecified atom stereocenters. The van der Waals surface area contributed by atoms with E-state index in [9.17, 15) is 17.6 Å². The van der Waals surface area contributed by atoms with Crippen molar-refractivity contribution < 1.29 is 22.3 Å². The van der Waals surface area contributed by atoms with Crippen molar-refractivity contribution in [2.45, 2.75) is 38.0 Å². The van der Waals surface area contributed by atoms with Crippen LogP contribution in [0.2, 0.25) is 0 Å². The molecule has 2 atom stereocenters. The maximum absolute atomic E-state index is 13.5. The highest BCUT2D eigenvalue weighted by Gasteiger charge is 2.49. The normalized spacial score (nSPS) is 24.0. The van der Waals surface area contributed by atoms with Crippen molar-refractivity contribution in [3.63, 3.8) is 0 Å². The molecule has 0 radical (unpaired) electrons. The van der Waals surface area contributed by atoms with Crippen molar-refractivity contribution in [3.8, 4) is 0 Å². The van der Waals surface area contributed by atoms with E-state index < -0.39 is 24.2 Å². The quantitative estimate of drug-likeness (QED) is 0.406. The maximum atomic E-state index is 13.5. The minimum absolute atomic E-state index is 0.289. The van der Waals surface area contributed by atoms with Gasteiger partial charge in [-0.2, -0.15) is 13.2 Å². The van der Waals surface area contributed by atoms with Crippen molar-refractivity contribution >= 4 is 0 Å². The lowest BCUT2D eigenvalue weighted by atomic mass is 9.82. The summed E-state index contributed by atoms with van der Waals surface area (Å²) in [5, 5.41) is 0. The predicted molar refractivity (Wildman–Crippen MR) is 52.3 cm³/mol. The average Bonchev–Trinajstić information content (AvgIpc) is 2.15. The molecule has 0 heterocycles. The van der Waals surface area contributed by atoms with E-state index in [0.717, 1.165) is 6.42 Å². The Morgan fingerprint density at radius 2 is 2.06 bits per heavy atom. The molecule has 0 amide bonds. The van der Waals surface area contributed by atoms with Gasteiger partial charge in [0.25, 0.3) is 6.01 Å². The second kappa shape index (κ2) is 4.89. The molecule has 0 bridgehead atoms. The minimum atomic E-state index is -4.18. The molecule has 1 aliphatic rings. The van der Waals surface area contributed by atoms with E-state index in [0.29, 0.717) is 18.4 Å². The molecule has 0 aromatic carbocycles. The molecule has 16 heavy (non-hydrogen) atoms. The summed E-state index contributed by atoms with van der Waals surface area (Å²) < 4.78 is 55.3. The minimum Gasteiger partial charge on any atom is -0.404 e. The van der Waals surface area contributed by atoms with Crippen LogP contribution in [0.25, 0.3) is 0 Å². The van der Waals surface area contributed by atoms with Crippen LogP contribution in [0.1, 0.15) is 25.7 Å². The lowest BCUT2D eigenvalue weighted by Crippen LogP contribution is -2.39. The highest BCUT2D eigenvalue weighted by molar-refractivity contribution is 5.07. The van der Waals surface area contributed by atoms with Gasteiger partial charge in [-0.1, -0.05) is 18.6 Å². The first-order chi connectivity index (χ1) is 7.34. The summed E-state index contributed by atoms with van der Waals surface area (Å²) in [6, 6.07) is -1.69. The topological polar surface area (TPSA) is 9.23 Å². The smallest absolute Gasteiger partial charge is 0.404 e. The van der Waals surface area contributed by atoms with Crippen LogP contribution in [-0.2, 0) is 4.74 Å². The first-order valence-corrected chi connectivity index (χ1v) is 5.07. The molecule has 0 N–H and O–H groups in total. The number of halogens is 4. The first kappa shape index (κ1) is 13.1. The summed E-state index contributed by atoms with van der Waals surface area (Å²) in [6.07, 6.45) is -4.46. The number of alkyl halides is 3. The van der Waals surface area contributed by atoms with Gasteiger partial charge in [0, 0.05) is 5.92 Å². The molecule has 1 saturated carbocycles. The molecule has 1 fully saturated rings. The van der Waals surface area contributed by atoms with Gasteiger partial charge in [-0.05, 0) is 25.8 Å². The lowest BCUT2D eigenvalue weighted by molar-refractivity contribution is -0.270. The first-order valence-electron chi connectivity index (χ1n) is 5.07. The molecule has 1 aliphatic carbocycles.